The van der Waals surface area contributed by atoms with Crippen molar-refractivity contribution in [1.29, 1.82) is 0 Å². The Morgan fingerprint density at radius 1 is 1.23 bits per heavy atom. The second-order valence-electron chi connectivity index (χ2n) is 4.51. The van der Waals surface area contributed by atoms with Crippen LogP contribution in [0.15, 0.2) is 27.5 Å². The number of halogens is 4. The van der Waals surface area contributed by atoms with E-state index in [1.165, 1.54) is 11.6 Å². The van der Waals surface area contributed by atoms with E-state index in [-0.39, 0.29) is 11.1 Å². The highest BCUT2D eigenvalue weighted by Gasteiger charge is 2.48. The molecule has 0 aliphatic carbocycles. The van der Waals surface area contributed by atoms with Crippen molar-refractivity contribution in [3.05, 3.63) is 38.6 Å². The van der Waals surface area contributed by atoms with Crippen molar-refractivity contribution in [3.63, 3.8) is 0 Å². The van der Waals surface area contributed by atoms with E-state index >= 15 is 0 Å². The average molecular weight is 400 g/mol. The number of benzene rings is 1. The molecule has 0 amide bonds. The third kappa shape index (κ3) is 2.84. The molecule has 0 spiro atoms. The Bertz CT molecular complexity index is 919. The van der Waals surface area contributed by atoms with E-state index in [9.17, 15) is 26.4 Å². The van der Waals surface area contributed by atoms with Gasteiger partial charge in [0.15, 0.2) is 0 Å². The van der Waals surface area contributed by atoms with E-state index in [0.717, 1.165) is 12.1 Å². The van der Waals surface area contributed by atoms with Crippen molar-refractivity contribution in [2.75, 3.05) is 0 Å². The molecule has 0 unspecified atom stereocenters. The Labute approximate surface area is 131 Å². The molecule has 0 aliphatic heterocycles. The molecule has 0 fully saturated rings. The van der Waals surface area contributed by atoms with E-state index in [4.69, 9.17) is 0 Å². The normalized spacial score (nSPS) is 12.6. The van der Waals surface area contributed by atoms with Gasteiger partial charge in [-0.05, 0) is 35.0 Å². The topological polar surface area (TPSA) is 65.4 Å². The molecule has 2 rings (SSSR count). The van der Waals surface area contributed by atoms with Crippen LogP contribution in [0.25, 0.3) is 10.9 Å². The van der Waals surface area contributed by atoms with Gasteiger partial charge >= 0.3 is 15.6 Å². The zero-order chi connectivity index (χ0) is 16.9. The van der Waals surface area contributed by atoms with Gasteiger partial charge < -0.3 is 8.75 Å². The number of aryl methyl sites for hydroxylation is 2. The maximum Gasteiger partial charge on any atom is 0.534 e. The van der Waals surface area contributed by atoms with E-state index in [1.807, 2.05) is 0 Å². The number of aromatic nitrogens is 1. The van der Waals surface area contributed by atoms with E-state index < -0.39 is 21.4 Å². The van der Waals surface area contributed by atoms with Crippen LogP contribution in [0.1, 0.15) is 5.56 Å². The quantitative estimate of drug-likeness (QED) is 0.575. The minimum atomic E-state index is -5.78. The molecule has 5 nitrogen and oxygen atoms in total. The molecule has 1 aromatic heterocycles. The smallest absolute Gasteiger partial charge is 0.376 e. The summed E-state index contributed by atoms with van der Waals surface area (Å²) >= 11 is 3.13. The predicted octanol–water partition coefficient (Wildman–Crippen LogP) is 2.84. The number of fused-ring (bicyclic) bond motifs is 1. The average Bonchev–Trinajstić information content (AvgIpc) is 2.36. The molecule has 22 heavy (non-hydrogen) atoms. The Morgan fingerprint density at radius 3 is 2.36 bits per heavy atom. The summed E-state index contributed by atoms with van der Waals surface area (Å²) < 4.78 is 64.7. The van der Waals surface area contributed by atoms with Crippen molar-refractivity contribution in [2.45, 2.75) is 12.4 Å². The van der Waals surface area contributed by atoms with Crippen LogP contribution in [0.2, 0.25) is 0 Å². The molecule has 1 heterocycles. The first-order chi connectivity index (χ1) is 9.94. The van der Waals surface area contributed by atoms with E-state index in [0.29, 0.717) is 15.4 Å². The molecule has 2 aromatic rings. The summed E-state index contributed by atoms with van der Waals surface area (Å²) in [4.78, 5) is 11.9. The lowest BCUT2D eigenvalue weighted by molar-refractivity contribution is -0.0500. The Hall–Kier alpha value is -1.55. The third-order valence-corrected chi connectivity index (χ3v) is 4.57. The molecule has 0 radical (unpaired) electrons. The molecule has 1 aromatic carbocycles. The summed E-state index contributed by atoms with van der Waals surface area (Å²) in [6.45, 7) is 1.59. The third-order valence-electron chi connectivity index (χ3n) is 2.93. The van der Waals surface area contributed by atoms with Crippen LogP contribution in [0.3, 0.4) is 0 Å². The van der Waals surface area contributed by atoms with Gasteiger partial charge in [0.05, 0.1) is 5.52 Å². The fourth-order valence-corrected chi connectivity index (χ4v) is 2.86. The highest BCUT2D eigenvalue weighted by molar-refractivity contribution is 9.10. The fraction of sp³-hybridized carbons (Fsp3) is 0.250. The van der Waals surface area contributed by atoms with Gasteiger partial charge in [0.2, 0.25) is 0 Å². The summed E-state index contributed by atoms with van der Waals surface area (Å²) in [5.74, 6) is -0.546. The highest BCUT2D eigenvalue weighted by atomic mass is 79.9. The van der Waals surface area contributed by atoms with Gasteiger partial charge in [-0.1, -0.05) is 0 Å². The van der Waals surface area contributed by atoms with Crippen molar-refractivity contribution in [2.24, 2.45) is 7.05 Å². The number of pyridine rings is 1. The minimum absolute atomic E-state index is 0.234. The molecular weight excluding hydrogens is 391 g/mol. The van der Waals surface area contributed by atoms with Crippen LogP contribution in [0.4, 0.5) is 13.2 Å². The van der Waals surface area contributed by atoms with Gasteiger partial charge in [-0.25, -0.2) is 0 Å². The van der Waals surface area contributed by atoms with Crippen molar-refractivity contribution < 1.29 is 25.8 Å². The summed E-state index contributed by atoms with van der Waals surface area (Å²) in [7, 11) is -4.35. The molecular formula is C12H9BrF3NO4S. The second kappa shape index (κ2) is 5.27. The number of rotatable bonds is 2. The van der Waals surface area contributed by atoms with E-state index in [1.54, 1.807) is 13.0 Å². The predicted molar refractivity (Wildman–Crippen MR) is 77.2 cm³/mol. The van der Waals surface area contributed by atoms with Gasteiger partial charge in [0.25, 0.3) is 5.56 Å². The maximum atomic E-state index is 12.3. The van der Waals surface area contributed by atoms with Gasteiger partial charge in [-0.15, -0.1) is 0 Å². The molecule has 120 valence electrons. The molecule has 0 saturated carbocycles. The van der Waals surface area contributed by atoms with Crippen molar-refractivity contribution in [3.8, 4) is 5.75 Å². The first-order valence-corrected chi connectivity index (χ1v) is 7.95. The SMILES string of the molecule is Cc1cc2c(Br)cc(OS(=O)(=O)C(F)(F)F)cc2n(C)c1=O. The number of hydrogen-bond donors (Lipinski definition) is 0. The zero-order valence-electron chi connectivity index (χ0n) is 11.2. The number of hydrogen-bond acceptors (Lipinski definition) is 4. The molecule has 10 heteroatoms. The second-order valence-corrected chi connectivity index (χ2v) is 6.90. The lowest BCUT2D eigenvalue weighted by Crippen LogP contribution is -2.28. The monoisotopic (exact) mass is 399 g/mol. The standard InChI is InChI=1S/C12H9BrF3NO4S/c1-6-3-8-9(13)4-7(5-10(8)17(2)11(6)18)21-22(19,20)12(14,15)16/h3-5H,1-2H3. The van der Waals surface area contributed by atoms with Crippen molar-refractivity contribution >= 4 is 37.0 Å². The molecule has 0 atom stereocenters. The first-order valence-electron chi connectivity index (χ1n) is 5.74. The zero-order valence-corrected chi connectivity index (χ0v) is 13.6. The summed E-state index contributed by atoms with van der Waals surface area (Å²) in [6.07, 6.45) is 0. The van der Waals surface area contributed by atoms with Crippen molar-refractivity contribution in [1.82, 2.24) is 4.57 Å². The van der Waals surface area contributed by atoms with Crippen LogP contribution in [0.5, 0.6) is 5.75 Å². The Kier molecular flexibility index (Phi) is 4.03. The summed E-state index contributed by atoms with van der Waals surface area (Å²) in [5, 5.41) is 0.538. The Morgan fingerprint density at radius 2 is 1.82 bits per heavy atom. The highest BCUT2D eigenvalue weighted by Crippen LogP contribution is 2.32. The van der Waals surface area contributed by atoms with E-state index in [2.05, 4.69) is 20.1 Å². The lowest BCUT2D eigenvalue weighted by Gasteiger charge is -2.13. The molecule has 0 bridgehead atoms. The maximum absolute atomic E-state index is 12.3. The lowest BCUT2D eigenvalue weighted by atomic mass is 10.1. The Balaban J connectivity index is 2.67. The van der Waals surface area contributed by atoms with Crippen LogP contribution >= 0.6 is 15.9 Å². The van der Waals surface area contributed by atoms with Gasteiger partial charge in [-0.3, -0.25) is 4.79 Å². The van der Waals surface area contributed by atoms with Crippen LogP contribution in [0, 0.1) is 6.92 Å². The van der Waals surface area contributed by atoms with Crippen LogP contribution in [-0.2, 0) is 17.2 Å². The van der Waals surface area contributed by atoms with Gasteiger partial charge in [0, 0.05) is 28.5 Å². The first kappa shape index (κ1) is 16.8. The summed E-state index contributed by atoms with van der Waals surface area (Å²) in [6, 6.07) is 3.70. The number of alkyl halides is 3. The summed E-state index contributed by atoms with van der Waals surface area (Å²) in [5.41, 5.74) is -5.21. The number of nitrogens with zero attached hydrogens (tertiary/aromatic N) is 1. The minimum Gasteiger partial charge on any atom is -0.376 e. The fourth-order valence-electron chi connectivity index (χ4n) is 1.87. The molecule has 0 N–H and O–H groups in total. The van der Waals surface area contributed by atoms with Crippen LogP contribution < -0.4 is 9.74 Å². The largest absolute Gasteiger partial charge is 0.534 e. The van der Waals surface area contributed by atoms with Crippen LogP contribution in [-0.4, -0.2) is 18.5 Å². The molecule has 0 aliphatic rings. The van der Waals surface area contributed by atoms with Gasteiger partial charge in [-0.2, -0.15) is 21.6 Å². The molecule has 0 saturated heterocycles. The van der Waals surface area contributed by atoms with Gasteiger partial charge in [0.1, 0.15) is 5.75 Å².